The summed E-state index contributed by atoms with van der Waals surface area (Å²) < 4.78 is 5.39. The first-order valence-electron chi connectivity index (χ1n) is 6.25. The third-order valence-electron chi connectivity index (χ3n) is 2.96. The Morgan fingerprint density at radius 2 is 2.10 bits per heavy atom. The Morgan fingerprint density at radius 3 is 2.70 bits per heavy atom. The number of ether oxygens (including phenoxy) is 1. The highest BCUT2D eigenvalue weighted by Crippen LogP contribution is 2.18. The topological polar surface area (TPSA) is 38.3 Å². The number of thiophene rings is 1. The predicted molar refractivity (Wildman–Crippen MR) is 82.2 cm³/mol. The summed E-state index contributed by atoms with van der Waals surface area (Å²) in [6, 6.07) is 9.29. The van der Waals surface area contributed by atoms with Gasteiger partial charge in [0.15, 0.2) is 0 Å². The number of hydrogen-bond acceptors (Lipinski definition) is 3. The zero-order valence-electron chi connectivity index (χ0n) is 11.1. The molecular weight excluding hydrogens is 294 g/mol. The first-order valence-corrected chi connectivity index (χ1v) is 7.57. The normalized spacial score (nSPS) is 12.1. The van der Waals surface area contributed by atoms with Crippen LogP contribution in [0.5, 0.6) is 0 Å². The van der Waals surface area contributed by atoms with E-state index in [1.807, 2.05) is 29.0 Å². The molecule has 0 bridgehead atoms. The Morgan fingerprint density at radius 1 is 1.35 bits per heavy atom. The summed E-state index contributed by atoms with van der Waals surface area (Å²) in [7, 11) is 1.65. The van der Waals surface area contributed by atoms with Crippen molar-refractivity contribution in [3.05, 3.63) is 57.2 Å². The lowest BCUT2D eigenvalue weighted by Crippen LogP contribution is -2.30. The van der Waals surface area contributed by atoms with Crippen molar-refractivity contribution < 1.29 is 9.53 Å². The van der Waals surface area contributed by atoms with Crippen LogP contribution in [0.25, 0.3) is 0 Å². The fraction of sp³-hybridized carbons (Fsp3) is 0.267. The van der Waals surface area contributed by atoms with Crippen LogP contribution in [0.2, 0.25) is 5.02 Å². The molecule has 1 atom stereocenters. The smallest absolute Gasteiger partial charge is 0.224 e. The van der Waals surface area contributed by atoms with Crippen LogP contribution in [0, 0.1) is 0 Å². The maximum Gasteiger partial charge on any atom is 0.224 e. The Balaban J connectivity index is 1.84. The van der Waals surface area contributed by atoms with Gasteiger partial charge in [0.25, 0.3) is 0 Å². The molecule has 0 aliphatic rings. The molecule has 3 nitrogen and oxygen atoms in total. The summed E-state index contributed by atoms with van der Waals surface area (Å²) in [5.41, 5.74) is 2.03. The molecule has 5 heteroatoms. The zero-order chi connectivity index (χ0) is 14.4. The van der Waals surface area contributed by atoms with Crippen LogP contribution in [-0.2, 0) is 16.0 Å². The highest BCUT2D eigenvalue weighted by molar-refractivity contribution is 7.07. The van der Waals surface area contributed by atoms with Crippen LogP contribution in [0.15, 0.2) is 41.1 Å². The van der Waals surface area contributed by atoms with Gasteiger partial charge in [-0.05, 0) is 40.1 Å². The quantitative estimate of drug-likeness (QED) is 0.887. The monoisotopic (exact) mass is 309 g/mol. The van der Waals surface area contributed by atoms with Gasteiger partial charge in [0, 0.05) is 18.7 Å². The number of hydrogen-bond donors (Lipinski definition) is 1. The van der Waals surface area contributed by atoms with Crippen LogP contribution >= 0.6 is 22.9 Å². The lowest BCUT2D eigenvalue weighted by molar-refractivity contribution is -0.121. The molecule has 0 saturated heterocycles. The number of carbonyl (C=O) groups excluding carboxylic acids is 1. The molecule has 1 unspecified atom stereocenters. The average Bonchev–Trinajstić information content (AvgIpc) is 2.96. The molecule has 0 saturated carbocycles. The number of amides is 1. The minimum absolute atomic E-state index is 0.0235. The summed E-state index contributed by atoms with van der Waals surface area (Å²) in [6.07, 6.45) is 0.243. The van der Waals surface area contributed by atoms with Crippen molar-refractivity contribution >= 4 is 28.8 Å². The van der Waals surface area contributed by atoms with E-state index >= 15 is 0 Å². The first kappa shape index (κ1) is 15.0. The van der Waals surface area contributed by atoms with Crippen molar-refractivity contribution in [3.63, 3.8) is 0 Å². The number of halogens is 1. The Hall–Kier alpha value is -1.36. The molecule has 1 heterocycles. The van der Waals surface area contributed by atoms with E-state index in [0.717, 1.165) is 11.1 Å². The van der Waals surface area contributed by atoms with Crippen LogP contribution in [0.1, 0.15) is 17.2 Å². The third kappa shape index (κ3) is 4.34. The van der Waals surface area contributed by atoms with Gasteiger partial charge in [-0.3, -0.25) is 4.79 Å². The number of benzene rings is 1. The maximum absolute atomic E-state index is 11.9. The highest BCUT2D eigenvalue weighted by Gasteiger charge is 2.12. The predicted octanol–water partition coefficient (Wildman–Crippen LogP) is 3.45. The van der Waals surface area contributed by atoms with Gasteiger partial charge in [0.1, 0.15) is 6.10 Å². The van der Waals surface area contributed by atoms with Crippen LogP contribution < -0.4 is 5.32 Å². The van der Waals surface area contributed by atoms with E-state index in [0.29, 0.717) is 18.0 Å². The lowest BCUT2D eigenvalue weighted by Gasteiger charge is -2.15. The van der Waals surface area contributed by atoms with Crippen molar-refractivity contribution in [1.82, 2.24) is 5.32 Å². The van der Waals surface area contributed by atoms with Gasteiger partial charge >= 0.3 is 0 Å². The van der Waals surface area contributed by atoms with Crippen LogP contribution in [0.4, 0.5) is 0 Å². The fourth-order valence-corrected chi connectivity index (χ4v) is 2.68. The van der Waals surface area contributed by atoms with Gasteiger partial charge < -0.3 is 10.1 Å². The SMILES string of the molecule is COC(CNC(=O)Cc1ccc(Cl)cc1)c1ccsc1. The third-order valence-corrected chi connectivity index (χ3v) is 3.92. The molecule has 20 heavy (non-hydrogen) atoms. The second-order valence-corrected chi connectivity index (χ2v) is 5.60. The van der Waals surface area contributed by atoms with Gasteiger partial charge in [-0.15, -0.1) is 0 Å². The second kappa shape index (κ2) is 7.43. The van der Waals surface area contributed by atoms with E-state index in [4.69, 9.17) is 16.3 Å². The highest BCUT2D eigenvalue weighted by atomic mass is 35.5. The van der Waals surface area contributed by atoms with E-state index in [1.54, 1.807) is 30.6 Å². The number of nitrogens with one attached hydrogen (secondary N) is 1. The number of rotatable bonds is 6. The van der Waals surface area contributed by atoms with Gasteiger partial charge in [0.05, 0.1) is 6.42 Å². The first-order chi connectivity index (χ1) is 9.69. The largest absolute Gasteiger partial charge is 0.375 e. The fourth-order valence-electron chi connectivity index (χ4n) is 1.85. The van der Waals surface area contributed by atoms with Crippen molar-refractivity contribution in [1.29, 1.82) is 0 Å². The zero-order valence-corrected chi connectivity index (χ0v) is 12.7. The van der Waals surface area contributed by atoms with Crippen molar-refractivity contribution in [2.45, 2.75) is 12.5 Å². The molecule has 0 radical (unpaired) electrons. The van der Waals surface area contributed by atoms with E-state index < -0.39 is 0 Å². The molecule has 1 aromatic carbocycles. The van der Waals surface area contributed by atoms with E-state index in [1.165, 1.54) is 0 Å². The van der Waals surface area contributed by atoms with Gasteiger partial charge in [0.2, 0.25) is 5.91 Å². The summed E-state index contributed by atoms with van der Waals surface area (Å²) in [5, 5.41) is 7.59. The van der Waals surface area contributed by atoms with Gasteiger partial charge in [-0.25, -0.2) is 0 Å². The molecule has 0 aliphatic heterocycles. The minimum Gasteiger partial charge on any atom is -0.375 e. The van der Waals surface area contributed by atoms with Gasteiger partial charge in [-0.1, -0.05) is 23.7 Å². The average molecular weight is 310 g/mol. The Kier molecular flexibility index (Phi) is 5.59. The molecule has 0 aliphatic carbocycles. The lowest BCUT2D eigenvalue weighted by atomic mass is 10.1. The van der Waals surface area contributed by atoms with Crippen molar-refractivity contribution in [2.75, 3.05) is 13.7 Å². The maximum atomic E-state index is 11.9. The van der Waals surface area contributed by atoms with E-state index in [9.17, 15) is 4.79 Å². The number of methoxy groups -OCH3 is 1. The van der Waals surface area contributed by atoms with Crippen molar-refractivity contribution in [3.8, 4) is 0 Å². The van der Waals surface area contributed by atoms with Gasteiger partial charge in [-0.2, -0.15) is 11.3 Å². The molecular formula is C15H16ClNO2S. The molecule has 0 fully saturated rings. The molecule has 2 aromatic rings. The second-order valence-electron chi connectivity index (χ2n) is 4.39. The molecule has 1 amide bonds. The number of carbonyl (C=O) groups is 1. The summed E-state index contributed by atoms with van der Waals surface area (Å²) in [4.78, 5) is 11.9. The van der Waals surface area contributed by atoms with E-state index in [-0.39, 0.29) is 12.0 Å². The Labute approximate surface area is 127 Å². The van der Waals surface area contributed by atoms with Crippen LogP contribution in [0.3, 0.4) is 0 Å². The molecule has 1 aromatic heterocycles. The molecule has 1 N–H and O–H groups in total. The van der Waals surface area contributed by atoms with Crippen molar-refractivity contribution in [2.24, 2.45) is 0 Å². The Bertz CT molecular complexity index is 540. The molecule has 106 valence electrons. The van der Waals surface area contributed by atoms with Crippen LogP contribution in [-0.4, -0.2) is 19.6 Å². The summed E-state index contributed by atoms with van der Waals surface area (Å²) in [5.74, 6) is -0.0235. The minimum atomic E-state index is -0.101. The van der Waals surface area contributed by atoms with E-state index in [2.05, 4.69) is 5.32 Å². The standard InChI is InChI=1S/C15H16ClNO2S/c1-19-14(12-6-7-20-10-12)9-17-15(18)8-11-2-4-13(16)5-3-11/h2-7,10,14H,8-9H2,1H3,(H,17,18). The molecule has 0 spiro atoms. The summed E-state index contributed by atoms with van der Waals surface area (Å²) in [6.45, 7) is 0.472. The summed E-state index contributed by atoms with van der Waals surface area (Å²) >= 11 is 7.43. The molecule has 2 rings (SSSR count).